The van der Waals surface area contributed by atoms with Crippen molar-refractivity contribution >= 4 is 16.3 Å². The highest BCUT2D eigenvalue weighted by Crippen LogP contribution is 2.40. The zero-order valence-corrected chi connectivity index (χ0v) is 17.6. The van der Waals surface area contributed by atoms with Gasteiger partial charge in [0.05, 0.1) is 18.0 Å². The Morgan fingerprint density at radius 1 is 1.27 bits per heavy atom. The summed E-state index contributed by atoms with van der Waals surface area (Å²) < 4.78 is 29.8. The second-order valence-electron chi connectivity index (χ2n) is 8.47. The molecule has 0 unspecified atom stereocenters. The van der Waals surface area contributed by atoms with E-state index in [1.165, 1.54) is 9.87 Å². The van der Waals surface area contributed by atoms with E-state index >= 15 is 0 Å². The maximum Gasteiger partial charge on any atom is 0.407 e. The number of benzene rings is 1. The van der Waals surface area contributed by atoms with Crippen LogP contribution in [-0.2, 0) is 14.9 Å². The molecule has 2 heterocycles. The summed E-state index contributed by atoms with van der Waals surface area (Å²) >= 11 is 0. The number of piperidine rings is 1. The largest absolute Gasteiger partial charge is 0.446 e. The van der Waals surface area contributed by atoms with Crippen molar-refractivity contribution in [3.8, 4) is 6.07 Å². The minimum atomic E-state index is -3.73. The molecule has 3 N–H and O–H groups in total. The highest BCUT2D eigenvalue weighted by molar-refractivity contribution is 7.86. The van der Waals surface area contributed by atoms with Gasteiger partial charge in [0.2, 0.25) is 0 Å². The Balaban J connectivity index is 1.23. The molecule has 1 aromatic carbocycles. The Morgan fingerprint density at radius 3 is 2.53 bits per heavy atom. The number of likely N-dealkylation sites (tertiary alicyclic amines) is 1. The Morgan fingerprint density at radius 2 is 1.93 bits per heavy atom. The molecule has 3 fully saturated rings. The molecule has 0 spiro atoms. The molecular weight excluding hydrogens is 406 g/mol. The number of carbonyl (C=O) groups excluding carboxylic acids is 1. The van der Waals surface area contributed by atoms with E-state index in [0.717, 1.165) is 6.42 Å². The molecule has 1 aromatic rings. The van der Waals surface area contributed by atoms with E-state index in [1.54, 1.807) is 0 Å². The monoisotopic (exact) mass is 433 g/mol. The van der Waals surface area contributed by atoms with Crippen LogP contribution in [0.25, 0.3) is 0 Å². The fourth-order valence-corrected chi connectivity index (χ4v) is 5.41. The van der Waals surface area contributed by atoms with Gasteiger partial charge >= 0.3 is 6.09 Å². The molecule has 0 radical (unpaired) electrons. The number of alkyl carbamates (subject to hydrolysis) is 1. The fraction of sp³-hybridized carbons (Fsp3) is 0.600. The van der Waals surface area contributed by atoms with Crippen LogP contribution in [0.4, 0.5) is 4.79 Å². The first kappa shape index (κ1) is 21.1. The molecule has 162 valence electrons. The number of nitriles is 1. The molecule has 0 aromatic heterocycles. The summed E-state index contributed by atoms with van der Waals surface area (Å²) in [7, 11) is -3.73. The van der Waals surface area contributed by atoms with Gasteiger partial charge in [-0.05, 0) is 24.8 Å². The molecular formula is C20H27N5O4S. The van der Waals surface area contributed by atoms with Crippen LogP contribution >= 0.6 is 0 Å². The second kappa shape index (κ2) is 8.15. The number of hydrogen-bond donors (Lipinski definition) is 2. The van der Waals surface area contributed by atoms with Gasteiger partial charge in [0, 0.05) is 38.1 Å². The SMILES string of the molecule is N#CCC1(N2CCC(OC(=O)N[C@@H]3C[C@H]3c3ccccc3)CC2)CN(S(N)(=O)=O)C1. The average Bonchev–Trinajstić information content (AvgIpc) is 3.44. The summed E-state index contributed by atoms with van der Waals surface area (Å²) in [6, 6.07) is 12.4. The molecule has 30 heavy (non-hydrogen) atoms. The lowest BCUT2D eigenvalue weighted by Crippen LogP contribution is -2.72. The van der Waals surface area contributed by atoms with Crippen molar-refractivity contribution in [2.24, 2.45) is 5.14 Å². The zero-order valence-electron chi connectivity index (χ0n) is 16.7. The molecule has 0 bridgehead atoms. The van der Waals surface area contributed by atoms with Crippen molar-refractivity contribution in [3.05, 3.63) is 35.9 Å². The van der Waals surface area contributed by atoms with Gasteiger partial charge in [0.1, 0.15) is 6.10 Å². The van der Waals surface area contributed by atoms with E-state index in [0.29, 0.717) is 31.8 Å². The fourth-order valence-electron chi connectivity index (χ4n) is 4.57. The van der Waals surface area contributed by atoms with Crippen LogP contribution in [0.15, 0.2) is 30.3 Å². The molecule has 4 rings (SSSR count). The van der Waals surface area contributed by atoms with Crippen molar-refractivity contribution in [1.29, 1.82) is 5.26 Å². The zero-order chi connectivity index (χ0) is 21.4. The number of nitrogens with one attached hydrogen (secondary N) is 1. The van der Waals surface area contributed by atoms with Crippen molar-refractivity contribution in [2.45, 2.75) is 49.3 Å². The maximum atomic E-state index is 12.3. The topological polar surface area (TPSA) is 129 Å². The summed E-state index contributed by atoms with van der Waals surface area (Å²) in [6.45, 7) is 1.75. The molecule has 9 nitrogen and oxygen atoms in total. The smallest absolute Gasteiger partial charge is 0.407 e. The summed E-state index contributed by atoms with van der Waals surface area (Å²) in [5.41, 5.74) is 0.735. The third kappa shape index (κ3) is 4.44. The number of rotatable bonds is 6. The van der Waals surface area contributed by atoms with Crippen molar-refractivity contribution in [2.75, 3.05) is 26.2 Å². The summed E-state index contributed by atoms with van der Waals surface area (Å²) in [5.74, 6) is 0.354. The summed E-state index contributed by atoms with van der Waals surface area (Å²) in [6.07, 6.45) is 1.92. The third-order valence-electron chi connectivity index (χ3n) is 6.42. The van der Waals surface area contributed by atoms with Crippen molar-refractivity contribution in [1.82, 2.24) is 14.5 Å². The minimum Gasteiger partial charge on any atom is -0.446 e. The molecule has 3 aliphatic rings. The van der Waals surface area contributed by atoms with Gasteiger partial charge < -0.3 is 10.1 Å². The molecule has 2 saturated heterocycles. The molecule has 2 atom stereocenters. The van der Waals surface area contributed by atoms with Gasteiger partial charge in [0.25, 0.3) is 10.2 Å². The molecule has 10 heteroatoms. The number of ether oxygens (including phenoxy) is 1. The van der Waals surface area contributed by atoms with Gasteiger partial charge in [-0.15, -0.1) is 0 Å². The van der Waals surface area contributed by atoms with Crippen LogP contribution in [-0.4, -0.2) is 67.6 Å². The van der Waals surface area contributed by atoms with E-state index in [1.807, 2.05) is 18.2 Å². The third-order valence-corrected chi connectivity index (χ3v) is 7.40. The minimum absolute atomic E-state index is 0.123. The van der Waals surface area contributed by atoms with Crippen LogP contribution in [0, 0.1) is 11.3 Å². The maximum absolute atomic E-state index is 12.3. The summed E-state index contributed by atoms with van der Waals surface area (Å²) in [5, 5.41) is 17.3. The average molecular weight is 434 g/mol. The lowest BCUT2D eigenvalue weighted by Gasteiger charge is -2.55. The first-order valence-electron chi connectivity index (χ1n) is 10.2. The van der Waals surface area contributed by atoms with E-state index in [-0.39, 0.29) is 37.7 Å². The number of nitrogens with zero attached hydrogens (tertiary/aromatic N) is 3. The van der Waals surface area contributed by atoms with Crippen molar-refractivity contribution < 1.29 is 17.9 Å². The highest BCUT2D eigenvalue weighted by Gasteiger charge is 2.51. The van der Waals surface area contributed by atoms with Crippen LogP contribution in [0.3, 0.4) is 0 Å². The molecule has 1 aliphatic carbocycles. The van der Waals surface area contributed by atoms with Crippen LogP contribution in [0.5, 0.6) is 0 Å². The van der Waals surface area contributed by atoms with E-state index in [2.05, 4.69) is 28.4 Å². The van der Waals surface area contributed by atoms with Gasteiger partial charge in [0.15, 0.2) is 0 Å². The highest BCUT2D eigenvalue weighted by atomic mass is 32.2. The Bertz CT molecular complexity index is 918. The predicted octanol–water partition coefficient (Wildman–Crippen LogP) is 0.905. The Hall–Kier alpha value is -2.19. The number of carbonyl (C=O) groups is 1. The van der Waals surface area contributed by atoms with Crippen LogP contribution < -0.4 is 10.5 Å². The molecule has 1 saturated carbocycles. The quantitative estimate of drug-likeness (QED) is 0.686. The number of hydrogen-bond acceptors (Lipinski definition) is 6. The first-order chi connectivity index (χ1) is 14.3. The Labute approximate surface area is 176 Å². The number of amides is 1. The van der Waals surface area contributed by atoms with E-state index in [9.17, 15) is 18.5 Å². The van der Waals surface area contributed by atoms with Crippen LogP contribution in [0.1, 0.15) is 37.2 Å². The molecule has 2 aliphatic heterocycles. The van der Waals surface area contributed by atoms with Crippen molar-refractivity contribution in [3.63, 3.8) is 0 Å². The van der Waals surface area contributed by atoms with Gasteiger partial charge in [-0.3, -0.25) is 4.90 Å². The molecule has 1 amide bonds. The van der Waals surface area contributed by atoms with Gasteiger partial charge in [-0.25, -0.2) is 9.93 Å². The predicted molar refractivity (Wildman–Crippen MR) is 109 cm³/mol. The van der Waals surface area contributed by atoms with Gasteiger partial charge in [-0.1, -0.05) is 30.3 Å². The summed E-state index contributed by atoms with van der Waals surface area (Å²) in [4.78, 5) is 14.4. The standard InChI is InChI=1S/C20H27N5O4S/c21-9-8-20(13-25(14-20)30(22,27)28)24-10-6-16(7-11-24)29-19(26)23-18-12-17(18)15-4-2-1-3-5-15/h1-5,16-18H,6-8,10-14H2,(H,23,26)(H2,22,27,28)/t17-,18+/m0/s1. The lowest BCUT2D eigenvalue weighted by molar-refractivity contribution is -0.0458. The van der Waals surface area contributed by atoms with E-state index < -0.39 is 15.7 Å². The Kier molecular flexibility index (Phi) is 5.72. The van der Waals surface area contributed by atoms with Crippen LogP contribution in [0.2, 0.25) is 0 Å². The normalized spacial score (nSPS) is 26.9. The lowest BCUT2D eigenvalue weighted by atomic mass is 9.85. The second-order valence-corrected chi connectivity index (χ2v) is 10.0. The van der Waals surface area contributed by atoms with E-state index in [4.69, 9.17) is 9.88 Å². The first-order valence-corrected chi connectivity index (χ1v) is 11.7. The number of nitrogens with two attached hydrogens (primary N) is 1. The van der Waals surface area contributed by atoms with Gasteiger partial charge in [-0.2, -0.15) is 18.0 Å².